The number of ether oxygens (including phenoxy) is 3. The average Bonchev–Trinajstić information content (AvgIpc) is 2.40. The Labute approximate surface area is 109 Å². The molecular formula is C14H23NO3. The summed E-state index contributed by atoms with van der Waals surface area (Å²) in [6.45, 7) is 4.70. The first kappa shape index (κ1) is 14.8. The maximum absolute atomic E-state index is 5.67. The zero-order valence-electron chi connectivity index (χ0n) is 11.8. The van der Waals surface area contributed by atoms with Crippen LogP contribution < -0.4 is 14.8 Å². The monoisotopic (exact) mass is 253 g/mol. The lowest BCUT2D eigenvalue weighted by Crippen LogP contribution is -2.30. The topological polar surface area (TPSA) is 39.7 Å². The van der Waals surface area contributed by atoms with Crippen molar-refractivity contribution in [3.05, 3.63) is 23.8 Å². The van der Waals surface area contributed by atoms with Crippen molar-refractivity contribution >= 4 is 0 Å². The minimum absolute atomic E-state index is 0.0241. The van der Waals surface area contributed by atoms with Crippen molar-refractivity contribution in [2.24, 2.45) is 0 Å². The van der Waals surface area contributed by atoms with Crippen LogP contribution in [0.15, 0.2) is 18.2 Å². The van der Waals surface area contributed by atoms with Crippen LogP contribution in [0.1, 0.15) is 25.5 Å². The molecule has 0 amide bonds. The van der Waals surface area contributed by atoms with Crippen molar-refractivity contribution in [1.29, 1.82) is 0 Å². The second kappa shape index (κ2) is 7.24. The van der Waals surface area contributed by atoms with E-state index in [4.69, 9.17) is 14.2 Å². The zero-order chi connectivity index (χ0) is 13.5. The molecule has 102 valence electrons. The van der Waals surface area contributed by atoms with E-state index in [1.165, 1.54) is 0 Å². The van der Waals surface area contributed by atoms with Gasteiger partial charge in [-0.15, -0.1) is 0 Å². The number of benzene rings is 1. The average molecular weight is 253 g/mol. The normalized spacial score (nSPS) is 14.1. The summed E-state index contributed by atoms with van der Waals surface area (Å²) < 4.78 is 16.5. The van der Waals surface area contributed by atoms with Crippen LogP contribution in [0.2, 0.25) is 0 Å². The van der Waals surface area contributed by atoms with Crippen LogP contribution in [0.3, 0.4) is 0 Å². The van der Waals surface area contributed by atoms with E-state index < -0.39 is 0 Å². The van der Waals surface area contributed by atoms with Gasteiger partial charge in [0.25, 0.3) is 0 Å². The molecule has 4 heteroatoms. The van der Waals surface area contributed by atoms with Gasteiger partial charge in [-0.2, -0.15) is 0 Å². The van der Waals surface area contributed by atoms with Gasteiger partial charge in [-0.05, 0) is 33.0 Å². The summed E-state index contributed by atoms with van der Waals surface area (Å²) in [6, 6.07) is 5.80. The molecule has 2 atom stereocenters. The first-order valence-electron chi connectivity index (χ1n) is 6.19. The summed E-state index contributed by atoms with van der Waals surface area (Å²) in [4.78, 5) is 0. The summed E-state index contributed by atoms with van der Waals surface area (Å²) in [5, 5.41) is 3.27. The molecule has 0 radical (unpaired) electrons. The van der Waals surface area contributed by atoms with Crippen LogP contribution in [-0.2, 0) is 4.74 Å². The Morgan fingerprint density at radius 3 is 2.11 bits per heavy atom. The van der Waals surface area contributed by atoms with Gasteiger partial charge in [-0.3, -0.25) is 0 Å². The van der Waals surface area contributed by atoms with Gasteiger partial charge in [0.15, 0.2) is 0 Å². The molecule has 1 aromatic carbocycles. The van der Waals surface area contributed by atoms with E-state index in [0.717, 1.165) is 17.1 Å². The zero-order valence-corrected chi connectivity index (χ0v) is 11.8. The third kappa shape index (κ3) is 3.15. The predicted octanol–water partition coefficient (Wildman–Crippen LogP) is 2.39. The highest BCUT2D eigenvalue weighted by Gasteiger charge is 2.25. The van der Waals surface area contributed by atoms with Crippen molar-refractivity contribution in [3.8, 4) is 11.5 Å². The number of rotatable bonds is 7. The Bertz CT molecular complexity index is 346. The fraction of sp³-hybridized carbons (Fsp3) is 0.571. The van der Waals surface area contributed by atoms with E-state index in [-0.39, 0.29) is 12.1 Å². The molecule has 1 rings (SSSR count). The highest BCUT2D eigenvalue weighted by molar-refractivity contribution is 5.47. The van der Waals surface area contributed by atoms with Crippen molar-refractivity contribution in [1.82, 2.24) is 5.32 Å². The summed E-state index contributed by atoms with van der Waals surface area (Å²) in [7, 11) is 5.23. The molecule has 0 fully saturated rings. The van der Waals surface area contributed by atoms with Gasteiger partial charge in [0.2, 0.25) is 0 Å². The maximum Gasteiger partial charge on any atom is 0.127 e. The van der Waals surface area contributed by atoms with E-state index in [0.29, 0.717) is 6.61 Å². The first-order chi connectivity index (χ1) is 8.69. The van der Waals surface area contributed by atoms with Crippen LogP contribution in [0.4, 0.5) is 0 Å². The number of nitrogens with one attached hydrogen (secondary N) is 1. The molecule has 0 saturated carbocycles. The molecule has 0 bridgehead atoms. The molecule has 1 N–H and O–H groups in total. The minimum atomic E-state index is 0.0241. The molecule has 4 nitrogen and oxygen atoms in total. The number of methoxy groups -OCH3 is 2. The Kier molecular flexibility index (Phi) is 5.95. The Balaban J connectivity index is 3.17. The van der Waals surface area contributed by atoms with Gasteiger partial charge in [0.1, 0.15) is 11.5 Å². The van der Waals surface area contributed by atoms with E-state index in [1.54, 1.807) is 14.2 Å². The summed E-state index contributed by atoms with van der Waals surface area (Å²) in [5.41, 5.74) is 0.992. The minimum Gasteiger partial charge on any atom is -0.496 e. The molecule has 0 aliphatic carbocycles. The fourth-order valence-corrected chi connectivity index (χ4v) is 2.16. The van der Waals surface area contributed by atoms with Gasteiger partial charge in [0, 0.05) is 6.61 Å². The van der Waals surface area contributed by atoms with E-state index in [9.17, 15) is 0 Å². The van der Waals surface area contributed by atoms with E-state index >= 15 is 0 Å². The summed E-state index contributed by atoms with van der Waals surface area (Å²) in [6.07, 6.45) is 0.0326. The Morgan fingerprint density at radius 1 is 1.17 bits per heavy atom. The van der Waals surface area contributed by atoms with Gasteiger partial charge in [-0.1, -0.05) is 6.07 Å². The lowest BCUT2D eigenvalue weighted by atomic mass is 10.00. The van der Waals surface area contributed by atoms with Crippen LogP contribution in [0.5, 0.6) is 11.5 Å². The lowest BCUT2D eigenvalue weighted by molar-refractivity contribution is 0.0480. The molecule has 2 unspecified atom stereocenters. The Morgan fingerprint density at radius 2 is 1.72 bits per heavy atom. The molecule has 1 aromatic rings. The highest BCUT2D eigenvalue weighted by atomic mass is 16.5. The van der Waals surface area contributed by atoms with Gasteiger partial charge >= 0.3 is 0 Å². The standard InChI is InChI=1S/C14H23NO3/c1-6-18-10(2)14(15-3)13-11(16-4)8-7-9-12(13)17-5/h7-10,14-15H,6H2,1-5H3. The molecule has 18 heavy (non-hydrogen) atoms. The third-order valence-corrected chi connectivity index (χ3v) is 2.99. The predicted molar refractivity (Wildman–Crippen MR) is 72.4 cm³/mol. The van der Waals surface area contributed by atoms with Gasteiger partial charge in [-0.25, -0.2) is 0 Å². The van der Waals surface area contributed by atoms with Crippen LogP contribution >= 0.6 is 0 Å². The second-order valence-corrected chi connectivity index (χ2v) is 4.00. The van der Waals surface area contributed by atoms with Crippen molar-refractivity contribution in [3.63, 3.8) is 0 Å². The fourth-order valence-electron chi connectivity index (χ4n) is 2.16. The number of hydrogen-bond donors (Lipinski definition) is 1. The van der Waals surface area contributed by atoms with Crippen LogP contribution in [0.25, 0.3) is 0 Å². The second-order valence-electron chi connectivity index (χ2n) is 4.00. The lowest BCUT2D eigenvalue weighted by Gasteiger charge is -2.26. The van der Waals surface area contributed by atoms with Gasteiger partial charge in [0.05, 0.1) is 31.9 Å². The molecule has 0 aromatic heterocycles. The van der Waals surface area contributed by atoms with E-state index in [2.05, 4.69) is 5.32 Å². The molecule has 0 aliphatic heterocycles. The molecule has 0 spiro atoms. The molecule has 0 heterocycles. The highest BCUT2D eigenvalue weighted by Crippen LogP contribution is 2.36. The smallest absolute Gasteiger partial charge is 0.127 e. The molecule has 0 saturated heterocycles. The SMILES string of the molecule is CCOC(C)C(NC)c1c(OC)cccc1OC. The quantitative estimate of drug-likeness (QED) is 0.810. The van der Waals surface area contributed by atoms with Crippen LogP contribution in [-0.4, -0.2) is 34.0 Å². The maximum atomic E-state index is 5.67. The van der Waals surface area contributed by atoms with Crippen molar-refractivity contribution in [2.45, 2.75) is 26.0 Å². The first-order valence-corrected chi connectivity index (χ1v) is 6.19. The van der Waals surface area contributed by atoms with E-state index in [1.807, 2.05) is 39.1 Å². The summed E-state index contributed by atoms with van der Waals surface area (Å²) >= 11 is 0. The van der Waals surface area contributed by atoms with Crippen LogP contribution in [0, 0.1) is 0 Å². The van der Waals surface area contributed by atoms with Gasteiger partial charge < -0.3 is 19.5 Å². The number of likely N-dealkylation sites (N-methyl/N-ethyl adjacent to an activating group) is 1. The molecular weight excluding hydrogens is 230 g/mol. The number of hydrogen-bond acceptors (Lipinski definition) is 4. The molecule has 0 aliphatic rings. The third-order valence-electron chi connectivity index (χ3n) is 2.99. The van der Waals surface area contributed by atoms with Crippen molar-refractivity contribution in [2.75, 3.05) is 27.9 Å². The van der Waals surface area contributed by atoms with Crippen molar-refractivity contribution < 1.29 is 14.2 Å². The summed E-state index contributed by atoms with van der Waals surface area (Å²) in [5.74, 6) is 1.61. The largest absolute Gasteiger partial charge is 0.496 e. The Hall–Kier alpha value is -1.26.